The SMILES string of the molecule is CC(C)(C)c1cccc(N2c3cc(C(C)(C)C)ccc3B3c4cccc5c4N(c4cc(Cl)cc2c43)C2(C)CCCCC52C)c1. The van der Waals surface area contributed by atoms with Crippen molar-refractivity contribution in [2.45, 2.75) is 103 Å². The summed E-state index contributed by atoms with van der Waals surface area (Å²) in [6, 6.07) is 28.1. The molecular weight excluding hydrogens is 555 g/mol. The molecule has 4 heteroatoms. The minimum atomic E-state index is 0.000456. The molecule has 1 fully saturated rings. The fourth-order valence-corrected chi connectivity index (χ4v) is 9.31. The lowest BCUT2D eigenvalue weighted by atomic mass is 9.33. The molecule has 0 radical (unpaired) electrons. The second-order valence-electron chi connectivity index (χ2n) is 16.3. The topological polar surface area (TPSA) is 6.48 Å². The van der Waals surface area contributed by atoms with Crippen LogP contribution in [0.1, 0.15) is 97.8 Å². The third-order valence-electron chi connectivity index (χ3n) is 11.8. The molecule has 0 saturated heterocycles. The summed E-state index contributed by atoms with van der Waals surface area (Å²) in [7, 11) is 0. The van der Waals surface area contributed by atoms with Crippen molar-refractivity contribution in [1.82, 2.24) is 0 Å². The standard InChI is InChI=1S/C40H44BClN2/c1-37(2,3)25-13-11-14-28(21-25)43-32-22-26(38(4,5)6)17-18-30(32)41-31-16-12-15-29-36(31)44(34-24-27(42)23-33(43)35(34)41)40(8)20-10-9-19-39(29,40)7/h11-18,21-24H,9-10,19-20H2,1-8H3. The van der Waals surface area contributed by atoms with E-state index >= 15 is 0 Å². The van der Waals surface area contributed by atoms with Gasteiger partial charge >= 0.3 is 0 Å². The number of nitrogens with zero attached hydrogens (tertiary/aromatic N) is 2. The van der Waals surface area contributed by atoms with Crippen LogP contribution in [0.5, 0.6) is 0 Å². The zero-order chi connectivity index (χ0) is 31.0. The van der Waals surface area contributed by atoms with E-state index in [0.29, 0.717) is 0 Å². The van der Waals surface area contributed by atoms with Crippen molar-refractivity contribution in [3.8, 4) is 0 Å². The molecule has 3 aliphatic heterocycles. The lowest BCUT2D eigenvalue weighted by molar-refractivity contribution is 0.195. The van der Waals surface area contributed by atoms with Crippen molar-refractivity contribution >= 4 is 63.1 Å². The van der Waals surface area contributed by atoms with E-state index in [2.05, 4.69) is 138 Å². The normalized spacial score (nSPS) is 23.2. The third kappa shape index (κ3) is 3.63. The molecule has 0 amide bonds. The van der Waals surface area contributed by atoms with Crippen LogP contribution in [0.3, 0.4) is 0 Å². The fraction of sp³-hybridized carbons (Fsp3) is 0.400. The van der Waals surface area contributed by atoms with Crippen molar-refractivity contribution in [3.05, 3.63) is 94.5 Å². The number of fused-ring (bicyclic) bond motifs is 7. The second kappa shape index (κ2) is 8.97. The number of benzene rings is 4. The molecular formula is C40H44BClN2. The Balaban J connectivity index is 1.48. The molecule has 0 spiro atoms. The molecule has 8 rings (SSSR count). The zero-order valence-corrected chi connectivity index (χ0v) is 28.4. The van der Waals surface area contributed by atoms with E-state index in [1.165, 1.54) is 87.2 Å². The smallest absolute Gasteiger partial charge is 0.252 e. The number of anilines is 5. The van der Waals surface area contributed by atoms with E-state index in [1.54, 1.807) is 0 Å². The second-order valence-corrected chi connectivity index (χ2v) is 16.8. The lowest BCUT2D eigenvalue weighted by Crippen LogP contribution is -2.64. The highest BCUT2D eigenvalue weighted by Crippen LogP contribution is 2.61. The molecule has 0 aromatic heterocycles. The molecule has 2 atom stereocenters. The Morgan fingerprint density at radius 2 is 1.39 bits per heavy atom. The van der Waals surface area contributed by atoms with E-state index in [0.717, 1.165) is 5.02 Å². The summed E-state index contributed by atoms with van der Waals surface area (Å²) in [5.74, 6) is 0. The number of hydrogen-bond acceptors (Lipinski definition) is 2. The number of halogens is 1. The predicted octanol–water partition coefficient (Wildman–Crippen LogP) is 9.29. The molecule has 1 saturated carbocycles. The monoisotopic (exact) mass is 598 g/mol. The number of para-hydroxylation sites is 1. The van der Waals surface area contributed by atoms with E-state index in [9.17, 15) is 0 Å². The van der Waals surface area contributed by atoms with Crippen molar-refractivity contribution in [1.29, 1.82) is 0 Å². The van der Waals surface area contributed by atoms with Gasteiger partial charge in [-0.1, -0.05) is 115 Å². The van der Waals surface area contributed by atoms with Crippen LogP contribution in [0, 0.1) is 0 Å². The molecule has 2 nitrogen and oxygen atoms in total. The quantitative estimate of drug-likeness (QED) is 0.177. The molecule has 4 aromatic rings. The van der Waals surface area contributed by atoms with Gasteiger partial charge in [0.2, 0.25) is 0 Å². The van der Waals surface area contributed by atoms with Crippen LogP contribution >= 0.6 is 11.6 Å². The number of rotatable bonds is 1. The van der Waals surface area contributed by atoms with Gasteiger partial charge in [0.05, 0.1) is 5.54 Å². The Bertz CT molecular complexity index is 1860. The van der Waals surface area contributed by atoms with Crippen molar-refractivity contribution < 1.29 is 0 Å². The molecule has 3 heterocycles. The van der Waals surface area contributed by atoms with Gasteiger partial charge in [0.15, 0.2) is 0 Å². The molecule has 4 aliphatic rings. The van der Waals surface area contributed by atoms with Gasteiger partial charge < -0.3 is 9.80 Å². The van der Waals surface area contributed by atoms with Crippen molar-refractivity contribution in [2.24, 2.45) is 0 Å². The van der Waals surface area contributed by atoms with Crippen molar-refractivity contribution in [3.63, 3.8) is 0 Å². The summed E-state index contributed by atoms with van der Waals surface area (Å²) in [6.45, 7) is 19.1. The Labute approximate surface area is 269 Å². The van der Waals surface area contributed by atoms with Gasteiger partial charge in [-0.25, -0.2) is 0 Å². The molecule has 0 N–H and O–H groups in total. The van der Waals surface area contributed by atoms with Gasteiger partial charge in [-0.15, -0.1) is 0 Å². The highest BCUT2D eigenvalue weighted by atomic mass is 35.5. The first kappa shape index (κ1) is 28.3. The fourth-order valence-electron chi connectivity index (χ4n) is 9.10. The highest BCUT2D eigenvalue weighted by molar-refractivity contribution is 7.00. The molecule has 0 bridgehead atoms. The molecule has 2 unspecified atom stereocenters. The van der Waals surface area contributed by atoms with Crippen LogP contribution in [-0.4, -0.2) is 12.3 Å². The van der Waals surface area contributed by atoms with Crippen LogP contribution in [0.15, 0.2) is 72.8 Å². The highest BCUT2D eigenvalue weighted by Gasteiger charge is 2.61. The van der Waals surface area contributed by atoms with E-state index < -0.39 is 0 Å². The van der Waals surface area contributed by atoms with Gasteiger partial charge in [0.25, 0.3) is 6.71 Å². The first-order valence-corrected chi connectivity index (χ1v) is 16.9. The minimum Gasteiger partial charge on any atom is -0.335 e. The van der Waals surface area contributed by atoms with Gasteiger partial charge in [0, 0.05) is 38.9 Å². The van der Waals surface area contributed by atoms with Crippen LogP contribution in [-0.2, 0) is 16.2 Å². The van der Waals surface area contributed by atoms with Gasteiger partial charge in [0.1, 0.15) is 0 Å². The Morgan fingerprint density at radius 1 is 0.705 bits per heavy atom. The first-order valence-electron chi connectivity index (χ1n) is 16.6. The van der Waals surface area contributed by atoms with Crippen molar-refractivity contribution in [2.75, 3.05) is 9.80 Å². The van der Waals surface area contributed by atoms with Gasteiger partial charge in [-0.2, -0.15) is 0 Å². The molecule has 224 valence electrons. The predicted molar refractivity (Wildman–Crippen MR) is 191 cm³/mol. The van der Waals surface area contributed by atoms with Crippen LogP contribution < -0.4 is 26.2 Å². The Hall–Kier alpha value is -3.17. The van der Waals surface area contributed by atoms with E-state index in [1.807, 2.05) is 0 Å². The summed E-state index contributed by atoms with van der Waals surface area (Å²) in [5, 5.41) is 0.804. The first-order chi connectivity index (χ1) is 20.7. The zero-order valence-electron chi connectivity index (χ0n) is 27.6. The minimum absolute atomic E-state index is 0.000456. The maximum Gasteiger partial charge on any atom is 0.252 e. The Morgan fingerprint density at radius 3 is 2.14 bits per heavy atom. The third-order valence-corrected chi connectivity index (χ3v) is 12.0. The molecule has 1 aliphatic carbocycles. The lowest BCUT2D eigenvalue weighted by Gasteiger charge is -2.52. The van der Waals surface area contributed by atoms with E-state index in [-0.39, 0.29) is 28.5 Å². The van der Waals surface area contributed by atoms with E-state index in [4.69, 9.17) is 11.6 Å². The average molecular weight is 599 g/mol. The summed E-state index contributed by atoms with van der Waals surface area (Å²) in [5.41, 5.74) is 15.0. The molecule has 4 aromatic carbocycles. The number of hydrogen-bond donors (Lipinski definition) is 0. The molecule has 44 heavy (non-hydrogen) atoms. The van der Waals surface area contributed by atoms with Crippen LogP contribution in [0.25, 0.3) is 0 Å². The summed E-state index contributed by atoms with van der Waals surface area (Å²) < 4.78 is 0. The average Bonchev–Trinajstić information content (AvgIpc) is 3.18. The summed E-state index contributed by atoms with van der Waals surface area (Å²) >= 11 is 7.19. The van der Waals surface area contributed by atoms with Crippen LogP contribution in [0.2, 0.25) is 5.02 Å². The van der Waals surface area contributed by atoms with Crippen LogP contribution in [0.4, 0.5) is 28.4 Å². The van der Waals surface area contributed by atoms with Gasteiger partial charge in [-0.05, 0) is 94.0 Å². The summed E-state index contributed by atoms with van der Waals surface area (Å²) in [6.07, 6.45) is 4.97. The Kier molecular flexibility index (Phi) is 5.77. The maximum absolute atomic E-state index is 7.19. The summed E-state index contributed by atoms with van der Waals surface area (Å²) in [4.78, 5) is 5.27. The van der Waals surface area contributed by atoms with Gasteiger partial charge in [-0.3, -0.25) is 0 Å². The maximum atomic E-state index is 7.19. The largest absolute Gasteiger partial charge is 0.335 e.